The number of hydrogen-bond acceptors (Lipinski definition) is 5. The van der Waals surface area contributed by atoms with Gasteiger partial charge < -0.3 is 22.7 Å². The van der Waals surface area contributed by atoms with Gasteiger partial charge in [0.1, 0.15) is 11.4 Å². The highest BCUT2D eigenvalue weighted by Crippen LogP contribution is 2.50. The van der Waals surface area contributed by atoms with Crippen LogP contribution in [0.3, 0.4) is 0 Å². The van der Waals surface area contributed by atoms with E-state index in [0.29, 0.717) is 46.6 Å². The lowest BCUT2D eigenvalue weighted by molar-refractivity contribution is 0.119. The second-order valence-electron chi connectivity index (χ2n) is 14.3. The second-order valence-corrected chi connectivity index (χ2v) is 14.3. The molecule has 1 aliphatic rings. The average Bonchev–Trinajstić information content (AvgIpc) is 3.77. The first-order chi connectivity index (χ1) is 28.2. The molecule has 0 saturated heterocycles. The molecule has 6 aromatic heterocycles. The first kappa shape index (κ1) is 33.0. The van der Waals surface area contributed by atoms with Crippen molar-refractivity contribution in [2.75, 3.05) is 13.2 Å². The van der Waals surface area contributed by atoms with E-state index in [4.69, 9.17) is 14.7 Å². The molecule has 4 bridgehead atoms. The maximum atomic E-state index is 15.3. The van der Waals surface area contributed by atoms with Crippen molar-refractivity contribution >= 4 is 33.1 Å². The van der Waals surface area contributed by atoms with Crippen molar-refractivity contribution in [3.05, 3.63) is 179 Å². The van der Waals surface area contributed by atoms with Crippen LogP contribution in [0.15, 0.2) is 168 Å². The van der Waals surface area contributed by atoms with Crippen molar-refractivity contribution in [1.29, 1.82) is 0 Å². The van der Waals surface area contributed by atoms with Gasteiger partial charge in [0.2, 0.25) is 0 Å². The molecule has 57 heavy (non-hydrogen) atoms. The third kappa shape index (κ3) is 5.06. The summed E-state index contributed by atoms with van der Waals surface area (Å²) < 4.78 is 14.1. The van der Waals surface area contributed by atoms with Gasteiger partial charge in [-0.25, -0.2) is 9.97 Å². The molecule has 0 spiro atoms. The number of hydrogen-bond donors (Lipinski definition) is 0. The fourth-order valence-corrected chi connectivity index (χ4v) is 8.71. The Bertz CT molecular complexity index is 3100. The molecular formula is C48H34N6O3. The van der Waals surface area contributed by atoms with Gasteiger partial charge in [-0.2, -0.15) is 0 Å². The first-order valence-electron chi connectivity index (χ1n) is 19.1. The van der Waals surface area contributed by atoms with Gasteiger partial charge in [0, 0.05) is 47.7 Å². The molecule has 0 aliphatic carbocycles. The van der Waals surface area contributed by atoms with E-state index in [1.165, 1.54) is 0 Å². The van der Waals surface area contributed by atoms with Crippen LogP contribution in [0.1, 0.15) is 0 Å². The molecule has 4 aromatic carbocycles. The Hall–Kier alpha value is -7.36. The van der Waals surface area contributed by atoms with Crippen LogP contribution in [0.25, 0.3) is 89.3 Å². The van der Waals surface area contributed by atoms with E-state index in [1.54, 1.807) is 9.13 Å². The molecule has 9 heteroatoms. The number of aromatic nitrogens is 6. The van der Waals surface area contributed by atoms with Crippen LogP contribution in [-0.4, -0.2) is 41.1 Å². The topological polar surface area (TPSA) is 87.8 Å². The lowest BCUT2D eigenvalue weighted by Crippen LogP contribution is -2.27. The summed E-state index contributed by atoms with van der Waals surface area (Å²) in [5, 5.41) is 0. The molecule has 0 saturated carbocycles. The highest BCUT2D eigenvalue weighted by molar-refractivity contribution is 6.09. The highest BCUT2D eigenvalue weighted by atomic mass is 16.5. The maximum absolute atomic E-state index is 15.3. The van der Waals surface area contributed by atoms with Crippen molar-refractivity contribution in [3.63, 3.8) is 0 Å². The molecule has 0 amide bonds. The van der Waals surface area contributed by atoms with Gasteiger partial charge in [-0.15, -0.1) is 0 Å². The van der Waals surface area contributed by atoms with Gasteiger partial charge in [0.05, 0.1) is 57.7 Å². The van der Waals surface area contributed by atoms with E-state index in [1.807, 2.05) is 122 Å². The van der Waals surface area contributed by atoms with E-state index in [0.717, 1.165) is 55.7 Å². The van der Waals surface area contributed by atoms with E-state index in [9.17, 15) is 0 Å². The van der Waals surface area contributed by atoms with Gasteiger partial charge in [0.15, 0.2) is 0 Å². The monoisotopic (exact) mass is 742 g/mol. The summed E-state index contributed by atoms with van der Waals surface area (Å²) in [6, 6.07) is 48.0. The van der Waals surface area contributed by atoms with Crippen LogP contribution < -0.4 is 11.1 Å². The summed E-state index contributed by atoms with van der Waals surface area (Å²) in [6.07, 6.45) is 4.06. The van der Waals surface area contributed by atoms with Crippen LogP contribution in [-0.2, 0) is 17.8 Å². The largest absolute Gasteiger partial charge is 0.378 e. The highest BCUT2D eigenvalue weighted by Gasteiger charge is 2.33. The molecule has 0 atom stereocenters. The average molecular weight is 743 g/mol. The standard InChI is InChI=1S/C48H34N6O3/c55-47-43-41-39(31-15-3-1-4-16-31)37-23-11-13-25-51(37)45(41)46-42(40(32-17-5-2-6-18-32)38-24-12-14-26-52(38)46)44-48(56)54(36-22-10-8-20-34(36)50-44)28-30-57-29-27-53(47)35-21-9-7-19-33(35)49-43/h1-26H,27-30H2. The fraction of sp³-hybridized carbons (Fsp3) is 0.0833. The smallest absolute Gasteiger partial charge is 0.277 e. The molecule has 11 rings (SSSR count). The molecule has 0 unspecified atom stereocenters. The molecular weight excluding hydrogens is 709 g/mol. The minimum absolute atomic E-state index is 0.226. The van der Waals surface area contributed by atoms with Crippen molar-refractivity contribution < 1.29 is 4.74 Å². The Morgan fingerprint density at radius 2 is 0.807 bits per heavy atom. The van der Waals surface area contributed by atoms with E-state index < -0.39 is 0 Å². The Morgan fingerprint density at radius 3 is 1.26 bits per heavy atom. The lowest BCUT2D eigenvalue weighted by Gasteiger charge is -2.15. The number of fused-ring (bicyclic) bond motifs is 17. The quantitative estimate of drug-likeness (QED) is 0.177. The molecule has 0 N–H and O–H groups in total. The predicted molar refractivity (Wildman–Crippen MR) is 225 cm³/mol. The zero-order chi connectivity index (χ0) is 38.0. The Balaban J connectivity index is 1.42. The summed E-state index contributed by atoms with van der Waals surface area (Å²) >= 11 is 0. The van der Waals surface area contributed by atoms with Gasteiger partial charge in [-0.1, -0.05) is 97.1 Å². The van der Waals surface area contributed by atoms with Crippen molar-refractivity contribution in [2.24, 2.45) is 0 Å². The van der Waals surface area contributed by atoms with Crippen molar-refractivity contribution in [2.45, 2.75) is 13.1 Å². The van der Waals surface area contributed by atoms with E-state index >= 15 is 9.59 Å². The maximum Gasteiger partial charge on any atom is 0.277 e. The third-order valence-corrected chi connectivity index (χ3v) is 11.1. The number of para-hydroxylation sites is 4. The van der Waals surface area contributed by atoms with Crippen LogP contribution in [0.5, 0.6) is 0 Å². The molecule has 7 heterocycles. The first-order valence-corrected chi connectivity index (χ1v) is 19.1. The molecule has 9 nitrogen and oxygen atoms in total. The molecule has 0 fully saturated rings. The predicted octanol–water partition coefficient (Wildman–Crippen LogP) is 8.98. The molecule has 274 valence electrons. The van der Waals surface area contributed by atoms with E-state index in [2.05, 4.69) is 45.2 Å². The summed E-state index contributed by atoms with van der Waals surface area (Å²) in [5.41, 5.74) is 11.1. The minimum Gasteiger partial charge on any atom is -0.378 e. The number of nitrogens with zero attached hydrogens (tertiary/aromatic N) is 6. The Morgan fingerprint density at radius 1 is 0.421 bits per heavy atom. The molecule has 0 radical (unpaired) electrons. The third-order valence-electron chi connectivity index (χ3n) is 11.1. The normalized spacial score (nSPS) is 13.1. The number of pyridine rings is 2. The SMILES string of the molecule is O=c1c2nc3ccccc3n1CCOCCn1c(=O)c(nc3ccccc31)-c1c(-c3ccccc3)c3ccccn3c1-c1c-2c(-c2ccccc2)c2ccccn12. The van der Waals surface area contributed by atoms with Gasteiger partial charge >= 0.3 is 0 Å². The van der Waals surface area contributed by atoms with Gasteiger partial charge in [-0.3, -0.25) is 9.59 Å². The second kappa shape index (κ2) is 13.1. The lowest BCUT2D eigenvalue weighted by atomic mass is 9.94. The zero-order valence-corrected chi connectivity index (χ0v) is 30.7. The van der Waals surface area contributed by atoms with Gasteiger partial charge in [0.25, 0.3) is 11.1 Å². The van der Waals surface area contributed by atoms with Crippen LogP contribution >= 0.6 is 0 Å². The van der Waals surface area contributed by atoms with Crippen LogP contribution in [0, 0.1) is 0 Å². The van der Waals surface area contributed by atoms with Crippen LogP contribution in [0.2, 0.25) is 0 Å². The summed E-state index contributed by atoms with van der Waals surface area (Å²) in [7, 11) is 0. The summed E-state index contributed by atoms with van der Waals surface area (Å²) in [4.78, 5) is 41.0. The number of ether oxygens (including phenoxy) is 1. The molecule has 1 aliphatic heterocycles. The minimum atomic E-state index is -0.226. The van der Waals surface area contributed by atoms with Gasteiger partial charge in [-0.05, 0) is 59.7 Å². The molecule has 10 aromatic rings. The Kier molecular flexibility index (Phi) is 7.61. The number of benzene rings is 4. The van der Waals surface area contributed by atoms with E-state index in [-0.39, 0.29) is 24.3 Å². The Labute approximate surface area is 326 Å². The van der Waals surface area contributed by atoms with Crippen molar-refractivity contribution in [1.82, 2.24) is 27.9 Å². The zero-order valence-electron chi connectivity index (χ0n) is 30.7. The van der Waals surface area contributed by atoms with Crippen LogP contribution in [0.4, 0.5) is 0 Å². The number of rotatable bonds is 2. The summed E-state index contributed by atoms with van der Waals surface area (Å²) in [6.45, 7) is 1.12. The summed E-state index contributed by atoms with van der Waals surface area (Å²) in [5.74, 6) is 0. The van der Waals surface area contributed by atoms with Crippen molar-refractivity contribution in [3.8, 4) is 56.2 Å². The fourth-order valence-electron chi connectivity index (χ4n) is 8.71.